The molecule has 136 valence electrons. The lowest BCUT2D eigenvalue weighted by Crippen LogP contribution is -2.41. The number of hydrogen-bond donors (Lipinski definition) is 2. The first-order chi connectivity index (χ1) is 12.0. The molecule has 25 heavy (non-hydrogen) atoms. The molecule has 1 aliphatic carbocycles. The lowest BCUT2D eigenvalue weighted by atomic mass is 9.86. The molecule has 0 bridgehead atoms. The predicted octanol–water partition coefficient (Wildman–Crippen LogP) is 2.18. The Morgan fingerprint density at radius 3 is 2.88 bits per heavy atom. The summed E-state index contributed by atoms with van der Waals surface area (Å²) < 4.78 is 5.18. The molecular formula is C18H25N3O4. The van der Waals surface area contributed by atoms with Crippen LogP contribution in [-0.4, -0.2) is 34.8 Å². The van der Waals surface area contributed by atoms with Crippen molar-refractivity contribution in [1.82, 2.24) is 15.5 Å². The van der Waals surface area contributed by atoms with Crippen molar-refractivity contribution in [2.45, 2.75) is 64.1 Å². The van der Waals surface area contributed by atoms with Crippen LogP contribution in [0.15, 0.2) is 22.8 Å². The highest BCUT2D eigenvalue weighted by atomic mass is 16.3. The zero-order chi connectivity index (χ0) is 17.8. The number of carbonyl (C=O) groups is 3. The Morgan fingerprint density at radius 1 is 1.36 bits per heavy atom. The highest BCUT2D eigenvalue weighted by Gasteiger charge is 2.38. The molecule has 1 saturated heterocycles. The maximum Gasteiger partial charge on any atom is 0.325 e. The number of nitrogens with zero attached hydrogens (tertiary/aromatic N) is 1. The Bertz CT molecular complexity index is 628. The van der Waals surface area contributed by atoms with Crippen molar-refractivity contribution in [3.8, 4) is 0 Å². The smallest absolute Gasteiger partial charge is 0.325 e. The summed E-state index contributed by atoms with van der Waals surface area (Å²) >= 11 is 0. The SMILES string of the molecule is C[C@H]1CCCC[C@H]1NC(=O)CC[C@@H]1NC(=O)N(Cc2ccco2)C1=O. The fraction of sp³-hybridized carbons (Fsp3) is 0.611. The van der Waals surface area contributed by atoms with Crippen LogP contribution in [0, 0.1) is 5.92 Å². The van der Waals surface area contributed by atoms with E-state index in [0.29, 0.717) is 18.1 Å². The molecule has 4 amide bonds. The van der Waals surface area contributed by atoms with E-state index in [-0.39, 0.29) is 30.8 Å². The number of hydrogen-bond acceptors (Lipinski definition) is 4. The van der Waals surface area contributed by atoms with Crippen molar-refractivity contribution in [3.05, 3.63) is 24.2 Å². The van der Waals surface area contributed by atoms with Crippen LogP contribution in [0.4, 0.5) is 4.79 Å². The van der Waals surface area contributed by atoms with Gasteiger partial charge in [0.1, 0.15) is 11.8 Å². The Labute approximate surface area is 147 Å². The number of urea groups is 1. The number of nitrogens with one attached hydrogen (secondary N) is 2. The topological polar surface area (TPSA) is 91.7 Å². The van der Waals surface area contributed by atoms with E-state index in [9.17, 15) is 14.4 Å². The summed E-state index contributed by atoms with van der Waals surface area (Å²) in [5.74, 6) is 0.688. The van der Waals surface area contributed by atoms with Gasteiger partial charge in [-0.05, 0) is 37.3 Å². The van der Waals surface area contributed by atoms with Crippen LogP contribution in [0.5, 0.6) is 0 Å². The molecule has 0 radical (unpaired) electrons. The molecule has 1 saturated carbocycles. The van der Waals surface area contributed by atoms with Gasteiger partial charge in [-0.25, -0.2) is 4.79 Å². The van der Waals surface area contributed by atoms with Gasteiger partial charge in [-0.1, -0.05) is 19.8 Å². The van der Waals surface area contributed by atoms with E-state index in [1.165, 1.54) is 12.7 Å². The largest absolute Gasteiger partial charge is 0.467 e. The van der Waals surface area contributed by atoms with Gasteiger partial charge in [-0.3, -0.25) is 14.5 Å². The van der Waals surface area contributed by atoms with Crippen molar-refractivity contribution < 1.29 is 18.8 Å². The molecule has 2 N–H and O–H groups in total. The van der Waals surface area contributed by atoms with Gasteiger partial charge in [0.15, 0.2) is 0 Å². The van der Waals surface area contributed by atoms with Crippen LogP contribution in [-0.2, 0) is 16.1 Å². The third-order valence-electron chi connectivity index (χ3n) is 5.12. The predicted molar refractivity (Wildman–Crippen MR) is 90.4 cm³/mol. The van der Waals surface area contributed by atoms with E-state index in [1.807, 2.05) is 0 Å². The van der Waals surface area contributed by atoms with Crippen molar-refractivity contribution in [3.63, 3.8) is 0 Å². The fourth-order valence-corrected chi connectivity index (χ4v) is 3.57. The van der Waals surface area contributed by atoms with E-state index >= 15 is 0 Å². The van der Waals surface area contributed by atoms with Gasteiger partial charge >= 0.3 is 6.03 Å². The Hall–Kier alpha value is -2.31. The molecule has 0 unspecified atom stereocenters. The Balaban J connectivity index is 1.47. The Morgan fingerprint density at radius 2 is 2.16 bits per heavy atom. The zero-order valence-corrected chi connectivity index (χ0v) is 14.5. The monoisotopic (exact) mass is 347 g/mol. The average molecular weight is 347 g/mol. The number of rotatable bonds is 6. The van der Waals surface area contributed by atoms with Crippen LogP contribution in [0.2, 0.25) is 0 Å². The van der Waals surface area contributed by atoms with Crippen LogP contribution in [0.25, 0.3) is 0 Å². The number of carbonyl (C=O) groups excluding carboxylic acids is 3. The summed E-state index contributed by atoms with van der Waals surface area (Å²) in [4.78, 5) is 37.6. The first-order valence-corrected chi connectivity index (χ1v) is 8.98. The summed E-state index contributed by atoms with van der Waals surface area (Å²) in [6.07, 6.45) is 6.57. The molecule has 2 aliphatic rings. The molecule has 0 aromatic carbocycles. The molecule has 7 nitrogen and oxygen atoms in total. The summed E-state index contributed by atoms with van der Waals surface area (Å²) in [7, 11) is 0. The van der Waals surface area contributed by atoms with Crippen molar-refractivity contribution in [2.24, 2.45) is 5.92 Å². The van der Waals surface area contributed by atoms with Gasteiger partial charge in [0.05, 0.1) is 12.8 Å². The summed E-state index contributed by atoms with van der Waals surface area (Å²) in [6.45, 7) is 2.28. The third-order valence-corrected chi connectivity index (χ3v) is 5.12. The molecule has 2 heterocycles. The van der Waals surface area contributed by atoms with Gasteiger partial charge in [-0.15, -0.1) is 0 Å². The summed E-state index contributed by atoms with van der Waals surface area (Å²) in [5.41, 5.74) is 0. The molecule has 1 aromatic rings. The molecule has 0 spiro atoms. The minimum Gasteiger partial charge on any atom is -0.467 e. The molecule has 7 heteroatoms. The molecular weight excluding hydrogens is 322 g/mol. The highest BCUT2D eigenvalue weighted by molar-refractivity contribution is 6.04. The molecule has 3 atom stereocenters. The fourth-order valence-electron chi connectivity index (χ4n) is 3.57. The minimum absolute atomic E-state index is 0.0507. The lowest BCUT2D eigenvalue weighted by Gasteiger charge is -2.29. The van der Waals surface area contributed by atoms with Crippen LogP contribution < -0.4 is 10.6 Å². The zero-order valence-electron chi connectivity index (χ0n) is 14.5. The van der Waals surface area contributed by atoms with Crippen molar-refractivity contribution in [1.29, 1.82) is 0 Å². The number of imide groups is 1. The summed E-state index contributed by atoms with van der Waals surface area (Å²) in [6, 6.07) is 2.57. The van der Waals surface area contributed by atoms with Crippen LogP contribution in [0.3, 0.4) is 0 Å². The normalized spacial score (nSPS) is 26.6. The highest BCUT2D eigenvalue weighted by Crippen LogP contribution is 2.24. The molecule has 3 rings (SSSR count). The number of furan rings is 1. The van der Waals surface area contributed by atoms with Crippen molar-refractivity contribution in [2.75, 3.05) is 0 Å². The van der Waals surface area contributed by atoms with Gasteiger partial charge in [0.25, 0.3) is 5.91 Å². The van der Waals surface area contributed by atoms with Gasteiger partial charge < -0.3 is 15.1 Å². The van der Waals surface area contributed by atoms with E-state index in [4.69, 9.17) is 4.42 Å². The lowest BCUT2D eigenvalue weighted by molar-refractivity contribution is -0.128. The van der Waals surface area contributed by atoms with E-state index in [2.05, 4.69) is 17.6 Å². The second kappa shape index (κ2) is 7.72. The number of amides is 4. The first-order valence-electron chi connectivity index (χ1n) is 8.98. The van der Waals surface area contributed by atoms with Crippen LogP contribution in [0.1, 0.15) is 51.2 Å². The summed E-state index contributed by atoms with van der Waals surface area (Å²) in [5, 5.41) is 5.72. The van der Waals surface area contributed by atoms with E-state index < -0.39 is 12.1 Å². The molecule has 1 aromatic heterocycles. The maximum absolute atomic E-state index is 12.4. The van der Waals surface area contributed by atoms with Gasteiger partial charge in [0, 0.05) is 12.5 Å². The Kier molecular flexibility index (Phi) is 5.40. The quantitative estimate of drug-likeness (QED) is 0.772. The second-order valence-electron chi connectivity index (χ2n) is 6.98. The third kappa shape index (κ3) is 4.21. The van der Waals surface area contributed by atoms with Gasteiger partial charge in [-0.2, -0.15) is 0 Å². The van der Waals surface area contributed by atoms with E-state index in [0.717, 1.165) is 24.2 Å². The van der Waals surface area contributed by atoms with Crippen LogP contribution >= 0.6 is 0 Å². The molecule has 2 fully saturated rings. The van der Waals surface area contributed by atoms with Crippen molar-refractivity contribution >= 4 is 17.8 Å². The maximum atomic E-state index is 12.4. The van der Waals surface area contributed by atoms with E-state index in [1.54, 1.807) is 12.1 Å². The minimum atomic E-state index is -0.642. The molecule has 1 aliphatic heterocycles. The standard InChI is InChI=1S/C18H25N3O4/c1-12-5-2-3-7-14(12)19-16(22)9-8-15-17(23)21(18(24)20-15)11-13-6-4-10-25-13/h4,6,10,12,14-15H,2-3,5,7-9,11H2,1H3,(H,19,22)(H,20,24)/t12-,14+,15-/m0/s1. The first kappa shape index (κ1) is 17.5. The average Bonchev–Trinajstić information content (AvgIpc) is 3.19. The van der Waals surface area contributed by atoms with Gasteiger partial charge in [0.2, 0.25) is 5.91 Å². The second-order valence-corrected chi connectivity index (χ2v) is 6.98.